The molecule has 0 aliphatic rings. The summed E-state index contributed by atoms with van der Waals surface area (Å²) in [6.07, 6.45) is 0. The van der Waals surface area contributed by atoms with Crippen molar-refractivity contribution in [3.05, 3.63) is 81.7 Å². The van der Waals surface area contributed by atoms with Crippen LogP contribution < -0.4 is 10.3 Å². The number of ether oxygens (including phenoxy) is 1. The van der Waals surface area contributed by atoms with Gasteiger partial charge in [0.1, 0.15) is 5.75 Å². The van der Waals surface area contributed by atoms with Gasteiger partial charge in [-0.2, -0.15) is 0 Å². The lowest BCUT2D eigenvalue weighted by Gasteiger charge is -2.12. The Morgan fingerprint density at radius 3 is 2.13 bits per heavy atom. The van der Waals surface area contributed by atoms with Gasteiger partial charge in [-0.25, -0.2) is 0 Å². The molecule has 2 aromatic carbocycles. The smallest absolute Gasteiger partial charge is 0.255 e. The minimum Gasteiger partial charge on any atom is -0.497 e. The van der Waals surface area contributed by atoms with Crippen molar-refractivity contribution >= 4 is 11.6 Å². The fourth-order valence-corrected chi connectivity index (χ4v) is 2.70. The van der Waals surface area contributed by atoms with Crippen LogP contribution in [0.1, 0.15) is 5.69 Å². The third-order valence-electron chi connectivity index (χ3n) is 3.72. The molecule has 3 aromatic rings. The van der Waals surface area contributed by atoms with Gasteiger partial charge in [0.05, 0.1) is 7.11 Å². The van der Waals surface area contributed by atoms with Gasteiger partial charge in [-0.15, -0.1) is 0 Å². The standard InChI is InChI=1S/C19H16ClNO2/c1-13-11-15(14-3-9-18(23-2)10-4-14)12-19(22)21(13)17-7-5-16(20)6-8-17/h3-12H,1-2H3. The van der Waals surface area contributed by atoms with Gasteiger partial charge in [0, 0.05) is 22.5 Å². The molecule has 0 saturated carbocycles. The second kappa shape index (κ2) is 6.31. The predicted molar refractivity (Wildman–Crippen MR) is 93.8 cm³/mol. The van der Waals surface area contributed by atoms with Crippen LogP contribution in [-0.2, 0) is 0 Å². The van der Waals surface area contributed by atoms with E-state index in [-0.39, 0.29) is 5.56 Å². The molecule has 4 heteroatoms. The fraction of sp³-hybridized carbons (Fsp3) is 0.105. The monoisotopic (exact) mass is 325 g/mol. The van der Waals surface area contributed by atoms with Crippen LogP contribution in [0.2, 0.25) is 5.02 Å². The number of aromatic nitrogens is 1. The molecule has 116 valence electrons. The molecule has 0 unspecified atom stereocenters. The first kappa shape index (κ1) is 15.4. The molecule has 0 aliphatic carbocycles. The van der Waals surface area contributed by atoms with Crippen LogP contribution in [0, 0.1) is 6.92 Å². The van der Waals surface area contributed by atoms with Crippen LogP contribution in [0.5, 0.6) is 5.75 Å². The topological polar surface area (TPSA) is 31.2 Å². The summed E-state index contributed by atoms with van der Waals surface area (Å²) in [5.41, 5.74) is 3.47. The number of nitrogens with zero attached hydrogens (tertiary/aromatic N) is 1. The molecule has 3 rings (SSSR count). The minimum absolute atomic E-state index is 0.0712. The zero-order valence-corrected chi connectivity index (χ0v) is 13.7. The predicted octanol–water partition coefficient (Wildman–Crippen LogP) is 4.47. The number of hydrogen-bond donors (Lipinski definition) is 0. The van der Waals surface area contributed by atoms with E-state index in [2.05, 4.69) is 0 Å². The van der Waals surface area contributed by atoms with Crippen molar-refractivity contribution in [2.24, 2.45) is 0 Å². The van der Waals surface area contributed by atoms with Gasteiger partial charge in [-0.1, -0.05) is 23.7 Å². The van der Waals surface area contributed by atoms with Gasteiger partial charge < -0.3 is 4.74 Å². The Labute approximate surface area is 139 Å². The molecule has 0 radical (unpaired) electrons. The van der Waals surface area contributed by atoms with Crippen molar-refractivity contribution in [2.45, 2.75) is 6.92 Å². The molecule has 0 spiro atoms. The van der Waals surface area contributed by atoms with Crippen molar-refractivity contribution in [1.82, 2.24) is 4.57 Å². The van der Waals surface area contributed by atoms with E-state index in [4.69, 9.17) is 16.3 Å². The Kier molecular flexibility index (Phi) is 4.22. The number of halogens is 1. The molecule has 1 heterocycles. The van der Waals surface area contributed by atoms with Crippen LogP contribution >= 0.6 is 11.6 Å². The summed E-state index contributed by atoms with van der Waals surface area (Å²) >= 11 is 5.91. The maximum Gasteiger partial charge on any atom is 0.255 e. The van der Waals surface area contributed by atoms with Gasteiger partial charge in [0.25, 0.3) is 5.56 Å². The highest BCUT2D eigenvalue weighted by atomic mass is 35.5. The van der Waals surface area contributed by atoms with E-state index in [0.29, 0.717) is 5.02 Å². The van der Waals surface area contributed by atoms with Crippen molar-refractivity contribution in [3.8, 4) is 22.6 Å². The average molecular weight is 326 g/mol. The lowest BCUT2D eigenvalue weighted by Crippen LogP contribution is -2.19. The first-order valence-corrected chi connectivity index (χ1v) is 7.60. The summed E-state index contributed by atoms with van der Waals surface area (Å²) in [7, 11) is 1.63. The third kappa shape index (κ3) is 3.15. The van der Waals surface area contributed by atoms with Crippen molar-refractivity contribution in [3.63, 3.8) is 0 Å². The number of methoxy groups -OCH3 is 1. The molecular weight excluding hydrogens is 310 g/mol. The summed E-state index contributed by atoms with van der Waals surface area (Å²) in [6.45, 7) is 1.92. The van der Waals surface area contributed by atoms with E-state index < -0.39 is 0 Å². The van der Waals surface area contributed by atoms with Gasteiger partial charge >= 0.3 is 0 Å². The second-order valence-corrected chi connectivity index (χ2v) is 5.70. The zero-order chi connectivity index (χ0) is 16.4. The van der Waals surface area contributed by atoms with E-state index in [1.807, 2.05) is 49.4 Å². The molecule has 0 fully saturated rings. The SMILES string of the molecule is COc1ccc(-c2cc(C)n(-c3ccc(Cl)cc3)c(=O)c2)cc1. The average Bonchev–Trinajstić information content (AvgIpc) is 2.56. The first-order chi connectivity index (χ1) is 11.1. The third-order valence-corrected chi connectivity index (χ3v) is 3.98. The molecule has 0 N–H and O–H groups in total. The molecular formula is C19H16ClNO2. The van der Waals surface area contributed by atoms with Gasteiger partial charge in [-0.05, 0) is 60.5 Å². The maximum absolute atomic E-state index is 12.5. The Morgan fingerprint density at radius 1 is 0.913 bits per heavy atom. The van der Waals surface area contributed by atoms with Gasteiger partial charge in [-0.3, -0.25) is 9.36 Å². The largest absolute Gasteiger partial charge is 0.497 e. The first-order valence-electron chi connectivity index (χ1n) is 7.22. The molecule has 3 nitrogen and oxygen atoms in total. The van der Waals surface area contributed by atoms with E-state index in [9.17, 15) is 4.79 Å². The number of benzene rings is 2. The summed E-state index contributed by atoms with van der Waals surface area (Å²) in [4.78, 5) is 12.5. The quantitative estimate of drug-likeness (QED) is 0.711. The molecule has 0 saturated heterocycles. The molecule has 23 heavy (non-hydrogen) atoms. The van der Waals surface area contributed by atoms with Crippen molar-refractivity contribution in [1.29, 1.82) is 0 Å². The van der Waals surface area contributed by atoms with Gasteiger partial charge in [0.15, 0.2) is 0 Å². The number of pyridine rings is 1. The van der Waals surface area contributed by atoms with Crippen LogP contribution in [0.25, 0.3) is 16.8 Å². The van der Waals surface area contributed by atoms with Crippen LogP contribution in [0.15, 0.2) is 65.5 Å². The highest BCUT2D eigenvalue weighted by Crippen LogP contribution is 2.23. The lowest BCUT2D eigenvalue weighted by atomic mass is 10.1. The van der Waals surface area contributed by atoms with Crippen LogP contribution in [-0.4, -0.2) is 11.7 Å². The van der Waals surface area contributed by atoms with Gasteiger partial charge in [0.2, 0.25) is 0 Å². The van der Waals surface area contributed by atoms with Crippen molar-refractivity contribution in [2.75, 3.05) is 7.11 Å². The minimum atomic E-state index is -0.0712. The Morgan fingerprint density at radius 2 is 1.57 bits per heavy atom. The second-order valence-electron chi connectivity index (χ2n) is 5.26. The zero-order valence-electron chi connectivity index (χ0n) is 12.9. The van der Waals surface area contributed by atoms with Crippen LogP contribution in [0.3, 0.4) is 0 Å². The summed E-state index contributed by atoms with van der Waals surface area (Å²) in [5.74, 6) is 0.792. The molecule has 0 bridgehead atoms. The molecule has 0 amide bonds. The maximum atomic E-state index is 12.5. The number of aryl methyl sites for hydroxylation is 1. The number of rotatable bonds is 3. The lowest BCUT2D eigenvalue weighted by molar-refractivity contribution is 0.415. The molecule has 0 atom stereocenters. The Hall–Kier alpha value is -2.52. The highest BCUT2D eigenvalue weighted by molar-refractivity contribution is 6.30. The molecule has 0 aliphatic heterocycles. The van der Waals surface area contributed by atoms with E-state index in [1.54, 1.807) is 29.9 Å². The Balaban J connectivity index is 2.06. The summed E-state index contributed by atoms with van der Waals surface area (Å²) < 4.78 is 6.83. The van der Waals surface area contributed by atoms with E-state index in [1.165, 1.54) is 0 Å². The van der Waals surface area contributed by atoms with E-state index in [0.717, 1.165) is 28.3 Å². The van der Waals surface area contributed by atoms with Crippen molar-refractivity contribution < 1.29 is 4.74 Å². The summed E-state index contributed by atoms with van der Waals surface area (Å²) in [5, 5.41) is 0.648. The summed E-state index contributed by atoms with van der Waals surface area (Å²) in [6, 6.07) is 18.5. The number of hydrogen-bond acceptors (Lipinski definition) is 2. The Bertz CT molecular complexity index is 881. The normalized spacial score (nSPS) is 10.6. The fourth-order valence-electron chi connectivity index (χ4n) is 2.57. The van der Waals surface area contributed by atoms with E-state index >= 15 is 0 Å². The van der Waals surface area contributed by atoms with Crippen LogP contribution in [0.4, 0.5) is 0 Å². The molecule has 1 aromatic heterocycles. The highest BCUT2D eigenvalue weighted by Gasteiger charge is 2.07.